The van der Waals surface area contributed by atoms with Crippen LogP contribution in [-0.4, -0.2) is 65.0 Å². The Hall–Kier alpha value is -2.72. The van der Waals surface area contributed by atoms with E-state index < -0.39 is 21.6 Å². The maximum Gasteiger partial charge on any atom is 0.211 e. The highest BCUT2D eigenvalue weighted by Crippen LogP contribution is 2.29. The standard InChI is InChI=1S/C18H20FN5O3S/c1-12-3-4-15(25)17(19)18(12)24-14-11-20-16(9-13(14)10-21-24)22-5-7-23(8-6-22)28(2,26)27/h3-4,9-11,25H,5-8H2,1-2H3. The van der Waals surface area contributed by atoms with Crippen LogP contribution in [0.4, 0.5) is 10.2 Å². The summed E-state index contributed by atoms with van der Waals surface area (Å²) in [5, 5.41) is 14.8. The number of hydrogen-bond donors (Lipinski definition) is 1. The van der Waals surface area contributed by atoms with E-state index in [1.54, 1.807) is 25.4 Å². The summed E-state index contributed by atoms with van der Waals surface area (Å²) in [5.74, 6) is -0.447. The van der Waals surface area contributed by atoms with Gasteiger partial charge in [0, 0.05) is 31.6 Å². The Bertz CT molecular complexity index is 1150. The molecule has 0 bridgehead atoms. The number of benzene rings is 1. The SMILES string of the molecule is Cc1ccc(O)c(F)c1-n1ncc2cc(N3CCN(S(C)(=O)=O)CC3)ncc21. The second kappa shape index (κ2) is 6.71. The number of phenolic OH excluding ortho intramolecular Hbond substituents is 1. The fourth-order valence-corrected chi connectivity index (χ4v) is 4.25. The van der Waals surface area contributed by atoms with Crippen LogP contribution in [0.25, 0.3) is 16.6 Å². The molecule has 1 aliphatic heterocycles. The summed E-state index contributed by atoms with van der Waals surface area (Å²) < 4.78 is 40.7. The number of aromatic nitrogens is 3. The van der Waals surface area contributed by atoms with Crippen molar-refractivity contribution >= 4 is 26.7 Å². The molecule has 28 heavy (non-hydrogen) atoms. The van der Waals surface area contributed by atoms with E-state index in [9.17, 15) is 17.9 Å². The summed E-state index contributed by atoms with van der Waals surface area (Å²) in [6.07, 6.45) is 4.45. The highest BCUT2D eigenvalue weighted by Gasteiger charge is 2.24. The number of anilines is 1. The molecule has 1 fully saturated rings. The Morgan fingerprint density at radius 3 is 2.54 bits per heavy atom. The van der Waals surface area contributed by atoms with Crippen molar-refractivity contribution in [1.29, 1.82) is 0 Å². The number of aryl methyl sites for hydroxylation is 1. The van der Waals surface area contributed by atoms with Gasteiger partial charge in [-0.15, -0.1) is 0 Å². The van der Waals surface area contributed by atoms with Crippen molar-refractivity contribution in [2.24, 2.45) is 0 Å². The number of piperazine rings is 1. The lowest BCUT2D eigenvalue weighted by Crippen LogP contribution is -2.48. The van der Waals surface area contributed by atoms with Gasteiger partial charge in [-0.2, -0.15) is 9.40 Å². The van der Waals surface area contributed by atoms with Gasteiger partial charge in [-0.3, -0.25) is 0 Å². The monoisotopic (exact) mass is 405 g/mol. The molecular weight excluding hydrogens is 385 g/mol. The van der Waals surface area contributed by atoms with Gasteiger partial charge in [0.15, 0.2) is 11.6 Å². The van der Waals surface area contributed by atoms with E-state index in [0.29, 0.717) is 43.1 Å². The van der Waals surface area contributed by atoms with Gasteiger partial charge < -0.3 is 10.0 Å². The average Bonchev–Trinajstić information content (AvgIpc) is 3.07. The summed E-state index contributed by atoms with van der Waals surface area (Å²) in [6, 6.07) is 4.79. The first kappa shape index (κ1) is 18.6. The topological polar surface area (TPSA) is 91.6 Å². The van der Waals surface area contributed by atoms with Gasteiger partial charge in [0.2, 0.25) is 10.0 Å². The van der Waals surface area contributed by atoms with Crippen LogP contribution in [-0.2, 0) is 10.0 Å². The van der Waals surface area contributed by atoms with Gasteiger partial charge in [-0.25, -0.2) is 22.5 Å². The summed E-state index contributed by atoms with van der Waals surface area (Å²) in [6.45, 7) is 3.64. The number of fused-ring (bicyclic) bond motifs is 1. The van der Waals surface area contributed by atoms with Crippen molar-refractivity contribution in [3.05, 3.63) is 42.0 Å². The van der Waals surface area contributed by atoms with Crippen molar-refractivity contribution in [2.75, 3.05) is 37.3 Å². The molecule has 2 aromatic heterocycles. The first-order chi connectivity index (χ1) is 13.3. The fraction of sp³-hybridized carbons (Fsp3) is 0.333. The van der Waals surface area contributed by atoms with Gasteiger partial charge in [0.1, 0.15) is 11.5 Å². The third-order valence-electron chi connectivity index (χ3n) is 4.98. The van der Waals surface area contributed by atoms with Crippen LogP contribution in [0.15, 0.2) is 30.6 Å². The maximum atomic E-state index is 14.5. The Balaban J connectivity index is 1.66. The zero-order valence-corrected chi connectivity index (χ0v) is 16.3. The Morgan fingerprint density at radius 2 is 1.86 bits per heavy atom. The molecule has 3 aromatic rings. The van der Waals surface area contributed by atoms with Crippen LogP contribution in [0.5, 0.6) is 5.75 Å². The lowest BCUT2D eigenvalue weighted by atomic mass is 10.1. The third kappa shape index (κ3) is 3.18. The van der Waals surface area contributed by atoms with Gasteiger partial charge in [0.05, 0.1) is 24.2 Å². The molecule has 1 aromatic carbocycles. The van der Waals surface area contributed by atoms with Crippen LogP contribution in [0.2, 0.25) is 0 Å². The van der Waals surface area contributed by atoms with Crippen molar-refractivity contribution < 1.29 is 17.9 Å². The highest BCUT2D eigenvalue weighted by atomic mass is 32.2. The summed E-state index contributed by atoms with van der Waals surface area (Å²) in [5.41, 5.74) is 1.44. The maximum absolute atomic E-state index is 14.5. The van der Waals surface area contributed by atoms with Crippen LogP contribution in [0.3, 0.4) is 0 Å². The first-order valence-corrected chi connectivity index (χ1v) is 10.6. The number of nitrogens with zero attached hydrogens (tertiary/aromatic N) is 5. The lowest BCUT2D eigenvalue weighted by Gasteiger charge is -2.33. The molecule has 0 atom stereocenters. The van der Waals surface area contributed by atoms with Gasteiger partial charge in [-0.1, -0.05) is 6.07 Å². The first-order valence-electron chi connectivity index (χ1n) is 8.78. The third-order valence-corrected chi connectivity index (χ3v) is 6.28. The Morgan fingerprint density at radius 1 is 1.14 bits per heavy atom. The van der Waals surface area contributed by atoms with Gasteiger partial charge >= 0.3 is 0 Å². The van der Waals surface area contributed by atoms with E-state index in [2.05, 4.69) is 10.1 Å². The molecule has 0 amide bonds. The number of sulfonamides is 1. The Labute approximate surface area is 161 Å². The molecule has 8 nitrogen and oxygen atoms in total. The lowest BCUT2D eigenvalue weighted by molar-refractivity contribution is 0.387. The normalized spacial score (nSPS) is 16.0. The smallest absolute Gasteiger partial charge is 0.211 e. The molecule has 10 heteroatoms. The predicted octanol–water partition coefficient (Wildman–Crippen LogP) is 1.66. The summed E-state index contributed by atoms with van der Waals surface area (Å²) in [4.78, 5) is 6.48. The van der Waals surface area contributed by atoms with Crippen LogP contribution < -0.4 is 4.90 Å². The van der Waals surface area contributed by atoms with E-state index in [1.807, 2.05) is 11.0 Å². The molecule has 1 N–H and O–H groups in total. The molecule has 0 spiro atoms. The van der Waals surface area contributed by atoms with Crippen molar-refractivity contribution in [3.8, 4) is 11.4 Å². The average molecular weight is 405 g/mol. The van der Waals surface area contributed by atoms with Gasteiger partial charge in [0.25, 0.3) is 0 Å². The molecular formula is C18H20FN5O3S. The van der Waals surface area contributed by atoms with E-state index in [-0.39, 0.29) is 5.69 Å². The quantitative estimate of drug-likeness (QED) is 0.713. The molecule has 0 saturated carbocycles. The van der Waals surface area contributed by atoms with Crippen LogP contribution in [0.1, 0.15) is 5.56 Å². The predicted molar refractivity (Wildman–Crippen MR) is 104 cm³/mol. The van der Waals surface area contributed by atoms with E-state index in [1.165, 1.54) is 21.3 Å². The minimum absolute atomic E-state index is 0.186. The number of hydrogen-bond acceptors (Lipinski definition) is 6. The Kier molecular flexibility index (Phi) is 4.47. The van der Waals surface area contributed by atoms with Crippen molar-refractivity contribution in [1.82, 2.24) is 19.1 Å². The number of phenols is 1. The van der Waals surface area contributed by atoms with Crippen molar-refractivity contribution in [3.63, 3.8) is 0 Å². The van der Waals surface area contributed by atoms with Gasteiger partial charge in [-0.05, 0) is 24.6 Å². The summed E-state index contributed by atoms with van der Waals surface area (Å²) in [7, 11) is -3.19. The molecule has 0 unspecified atom stereocenters. The molecule has 4 rings (SSSR count). The molecule has 3 heterocycles. The largest absolute Gasteiger partial charge is 0.505 e. The second-order valence-corrected chi connectivity index (χ2v) is 8.85. The molecule has 0 radical (unpaired) electrons. The fourth-order valence-electron chi connectivity index (χ4n) is 3.43. The number of halogens is 1. The number of rotatable bonds is 3. The number of aromatic hydroxyl groups is 1. The molecule has 0 aliphatic carbocycles. The zero-order chi connectivity index (χ0) is 20.1. The van der Waals surface area contributed by atoms with Crippen LogP contribution in [0, 0.1) is 12.7 Å². The minimum Gasteiger partial charge on any atom is -0.505 e. The highest BCUT2D eigenvalue weighted by molar-refractivity contribution is 7.88. The van der Waals surface area contributed by atoms with E-state index in [0.717, 1.165) is 5.39 Å². The van der Waals surface area contributed by atoms with E-state index in [4.69, 9.17) is 0 Å². The molecule has 1 aliphatic rings. The minimum atomic E-state index is -3.19. The number of pyridine rings is 1. The van der Waals surface area contributed by atoms with Crippen molar-refractivity contribution in [2.45, 2.75) is 6.92 Å². The molecule has 1 saturated heterocycles. The van der Waals surface area contributed by atoms with Crippen LogP contribution >= 0.6 is 0 Å². The second-order valence-electron chi connectivity index (χ2n) is 6.87. The zero-order valence-electron chi connectivity index (χ0n) is 15.5. The molecule has 148 valence electrons. The summed E-state index contributed by atoms with van der Waals surface area (Å²) >= 11 is 0. The van der Waals surface area contributed by atoms with E-state index >= 15 is 0 Å².